The molecule has 7 heteroatoms. The van der Waals surface area contributed by atoms with Gasteiger partial charge in [0.1, 0.15) is 0 Å². The quantitative estimate of drug-likeness (QED) is 0.587. The fourth-order valence-corrected chi connectivity index (χ4v) is 3.45. The molecule has 0 atom stereocenters. The molecule has 0 aliphatic rings. The molecule has 5 nitrogen and oxygen atoms in total. The van der Waals surface area contributed by atoms with E-state index < -0.39 is 0 Å². The number of nitrogens with zero attached hydrogens (tertiary/aromatic N) is 1. The zero-order valence-corrected chi connectivity index (χ0v) is 16.9. The second kappa shape index (κ2) is 9.48. The van der Waals surface area contributed by atoms with Crippen LogP contribution in [-0.2, 0) is 9.59 Å². The lowest BCUT2D eigenvalue weighted by atomic mass is 10.2. The maximum absolute atomic E-state index is 12.3. The van der Waals surface area contributed by atoms with Crippen LogP contribution in [0.3, 0.4) is 0 Å². The molecule has 0 spiro atoms. The SMILES string of the molecule is Cc1cccc(NC(=O)CSCC(=O)Nc2ccc(Cl)cc2-n2cccc2)c1. The van der Waals surface area contributed by atoms with Gasteiger partial charge in [-0.25, -0.2) is 0 Å². The van der Waals surface area contributed by atoms with Crippen LogP contribution in [0.25, 0.3) is 5.69 Å². The Kier molecular flexibility index (Phi) is 6.79. The molecule has 0 saturated heterocycles. The predicted octanol–water partition coefficient (Wildman–Crippen LogP) is 4.75. The van der Waals surface area contributed by atoms with Crippen molar-refractivity contribution in [3.8, 4) is 5.69 Å². The molecule has 0 radical (unpaired) electrons. The van der Waals surface area contributed by atoms with Gasteiger partial charge >= 0.3 is 0 Å². The Balaban J connectivity index is 1.52. The molecule has 2 N–H and O–H groups in total. The minimum Gasteiger partial charge on any atom is -0.325 e. The maximum Gasteiger partial charge on any atom is 0.234 e. The predicted molar refractivity (Wildman–Crippen MR) is 117 cm³/mol. The molecular formula is C21H20ClN3O2S. The van der Waals surface area contributed by atoms with E-state index in [1.165, 1.54) is 11.8 Å². The highest BCUT2D eigenvalue weighted by Gasteiger charge is 2.10. The molecule has 144 valence electrons. The van der Waals surface area contributed by atoms with Crippen LogP contribution in [0.2, 0.25) is 5.02 Å². The van der Waals surface area contributed by atoms with Gasteiger partial charge in [-0.05, 0) is 55.0 Å². The minimum atomic E-state index is -0.177. The number of nitrogens with one attached hydrogen (secondary N) is 2. The highest BCUT2D eigenvalue weighted by atomic mass is 35.5. The summed E-state index contributed by atoms with van der Waals surface area (Å²) < 4.78 is 1.88. The van der Waals surface area contributed by atoms with Gasteiger partial charge in [0.15, 0.2) is 0 Å². The van der Waals surface area contributed by atoms with Gasteiger partial charge in [0.05, 0.1) is 22.9 Å². The van der Waals surface area contributed by atoms with Crippen LogP contribution in [-0.4, -0.2) is 27.9 Å². The average Bonchev–Trinajstić information content (AvgIpc) is 3.18. The van der Waals surface area contributed by atoms with Crippen molar-refractivity contribution in [2.75, 3.05) is 22.1 Å². The first-order chi connectivity index (χ1) is 13.5. The number of anilines is 2. The first-order valence-electron chi connectivity index (χ1n) is 8.68. The third-order valence-electron chi connectivity index (χ3n) is 3.88. The standard InChI is InChI=1S/C21H20ClN3O2S/c1-15-5-4-6-17(11-15)23-20(26)13-28-14-21(27)24-18-8-7-16(22)12-19(18)25-9-2-3-10-25/h2-12H,13-14H2,1H3,(H,23,26)(H,24,27). The third kappa shape index (κ3) is 5.65. The minimum absolute atomic E-state index is 0.136. The van der Waals surface area contributed by atoms with Gasteiger partial charge in [0.25, 0.3) is 0 Å². The molecule has 0 unspecified atom stereocenters. The summed E-state index contributed by atoms with van der Waals surface area (Å²) in [5.74, 6) is 0.0635. The highest BCUT2D eigenvalue weighted by molar-refractivity contribution is 8.00. The number of carbonyl (C=O) groups excluding carboxylic acids is 2. The van der Waals surface area contributed by atoms with E-state index in [9.17, 15) is 9.59 Å². The van der Waals surface area contributed by atoms with E-state index in [1.54, 1.807) is 18.2 Å². The molecular weight excluding hydrogens is 394 g/mol. The first-order valence-corrected chi connectivity index (χ1v) is 10.2. The molecule has 0 bridgehead atoms. The monoisotopic (exact) mass is 413 g/mol. The van der Waals surface area contributed by atoms with E-state index in [0.29, 0.717) is 10.7 Å². The van der Waals surface area contributed by atoms with Crippen molar-refractivity contribution in [2.45, 2.75) is 6.92 Å². The molecule has 1 heterocycles. The summed E-state index contributed by atoms with van der Waals surface area (Å²) in [5.41, 5.74) is 3.28. The van der Waals surface area contributed by atoms with Crippen LogP contribution in [0.4, 0.5) is 11.4 Å². The van der Waals surface area contributed by atoms with E-state index in [-0.39, 0.29) is 23.3 Å². The summed E-state index contributed by atoms with van der Waals surface area (Å²) in [5, 5.41) is 6.30. The van der Waals surface area contributed by atoms with Crippen LogP contribution in [0.1, 0.15) is 5.56 Å². The smallest absolute Gasteiger partial charge is 0.234 e. The highest BCUT2D eigenvalue weighted by Crippen LogP contribution is 2.25. The lowest BCUT2D eigenvalue weighted by molar-refractivity contribution is -0.114. The normalized spacial score (nSPS) is 10.5. The number of aryl methyl sites for hydroxylation is 1. The molecule has 2 amide bonds. The number of hydrogen-bond donors (Lipinski definition) is 2. The van der Waals surface area contributed by atoms with E-state index >= 15 is 0 Å². The van der Waals surface area contributed by atoms with E-state index in [4.69, 9.17) is 11.6 Å². The second-order valence-corrected chi connectivity index (χ2v) is 7.63. The summed E-state index contributed by atoms with van der Waals surface area (Å²) in [7, 11) is 0. The van der Waals surface area contributed by atoms with Crippen LogP contribution >= 0.6 is 23.4 Å². The number of amides is 2. The zero-order valence-electron chi connectivity index (χ0n) is 15.3. The molecule has 0 aliphatic carbocycles. The Morgan fingerprint density at radius 1 is 0.964 bits per heavy atom. The third-order valence-corrected chi connectivity index (χ3v) is 5.05. The number of carbonyl (C=O) groups is 2. The van der Waals surface area contributed by atoms with Gasteiger partial charge in [-0.1, -0.05) is 23.7 Å². The average molecular weight is 414 g/mol. The lowest BCUT2D eigenvalue weighted by Gasteiger charge is -2.12. The van der Waals surface area contributed by atoms with Crippen molar-refractivity contribution in [1.82, 2.24) is 4.57 Å². The Labute approximate surface area is 173 Å². The summed E-state index contributed by atoms with van der Waals surface area (Å²) in [6.07, 6.45) is 3.76. The summed E-state index contributed by atoms with van der Waals surface area (Å²) in [4.78, 5) is 24.3. The van der Waals surface area contributed by atoms with Crippen molar-refractivity contribution in [3.05, 3.63) is 77.6 Å². The van der Waals surface area contributed by atoms with Gasteiger partial charge in [-0.2, -0.15) is 0 Å². The van der Waals surface area contributed by atoms with Crippen LogP contribution in [0.5, 0.6) is 0 Å². The number of aromatic nitrogens is 1. The fourth-order valence-electron chi connectivity index (χ4n) is 2.66. The topological polar surface area (TPSA) is 63.1 Å². The van der Waals surface area contributed by atoms with Crippen molar-refractivity contribution in [2.24, 2.45) is 0 Å². The number of rotatable bonds is 7. The number of halogens is 1. The van der Waals surface area contributed by atoms with Gasteiger partial charge < -0.3 is 15.2 Å². The van der Waals surface area contributed by atoms with Crippen molar-refractivity contribution in [3.63, 3.8) is 0 Å². The fraction of sp³-hybridized carbons (Fsp3) is 0.143. The maximum atomic E-state index is 12.3. The molecule has 2 aromatic carbocycles. The van der Waals surface area contributed by atoms with Crippen LogP contribution in [0, 0.1) is 6.92 Å². The lowest BCUT2D eigenvalue weighted by Crippen LogP contribution is -2.19. The molecule has 3 rings (SSSR count). The molecule has 1 aromatic heterocycles. The van der Waals surface area contributed by atoms with E-state index in [2.05, 4.69) is 10.6 Å². The van der Waals surface area contributed by atoms with Crippen LogP contribution < -0.4 is 10.6 Å². The number of thioether (sulfide) groups is 1. The van der Waals surface area contributed by atoms with Gasteiger partial charge in [-0.15, -0.1) is 11.8 Å². The molecule has 3 aromatic rings. The number of hydrogen-bond acceptors (Lipinski definition) is 3. The molecule has 28 heavy (non-hydrogen) atoms. The van der Waals surface area contributed by atoms with Gasteiger partial charge in [0, 0.05) is 23.1 Å². The van der Waals surface area contributed by atoms with E-state index in [0.717, 1.165) is 16.9 Å². The second-order valence-electron chi connectivity index (χ2n) is 6.21. The largest absolute Gasteiger partial charge is 0.325 e. The first kappa shape index (κ1) is 20.0. The summed E-state index contributed by atoms with van der Waals surface area (Å²) in [6, 6.07) is 16.7. The van der Waals surface area contributed by atoms with Crippen LogP contribution in [0.15, 0.2) is 67.0 Å². The van der Waals surface area contributed by atoms with E-state index in [1.807, 2.05) is 60.3 Å². The van der Waals surface area contributed by atoms with Crippen molar-refractivity contribution >= 4 is 46.6 Å². The Morgan fingerprint density at radius 2 is 1.68 bits per heavy atom. The van der Waals surface area contributed by atoms with Crippen molar-refractivity contribution in [1.29, 1.82) is 0 Å². The Morgan fingerprint density at radius 3 is 2.39 bits per heavy atom. The Hall–Kier alpha value is -2.70. The number of benzene rings is 2. The molecule has 0 saturated carbocycles. The zero-order chi connectivity index (χ0) is 19.9. The summed E-state index contributed by atoms with van der Waals surface area (Å²) in [6.45, 7) is 1.97. The Bertz CT molecular complexity index is 974. The summed E-state index contributed by atoms with van der Waals surface area (Å²) >= 11 is 7.35. The molecule has 0 fully saturated rings. The molecule has 0 aliphatic heterocycles. The van der Waals surface area contributed by atoms with Gasteiger partial charge in [-0.3, -0.25) is 9.59 Å². The van der Waals surface area contributed by atoms with Gasteiger partial charge in [0.2, 0.25) is 11.8 Å². The van der Waals surface area contributed by atoms with Crippen molar-refractivity contribution < 1.29 is 9.59 Å².